The lowest BCUT2D eigenvalue weighted by Crippen LogP contribution is -2.00. The molecule has 0 fully saturated rings. The Labute approximate surface area is 145 Å². The number of hydrogen-bond acceptors (Lipinski definition) is 4. The summed E-state index contributed by atoms with van der Waals surface area (Å²) in [5.41, 5.74) is 2.80. The molecule has 3 aromatic rings. The van der Waals surface area contributed by atoms with Crippen LogP contribution in [-0.4, -0.2) is 14.8 Å². The molecular formula is C19H16N4S. The highest BCUT2D eigenvalue weighted by Gasteiger charge is 2.13. The number of nitriles is 1. The molecule has 0 bridgehead atoms. The molecule has 0 spiro atoms. The van der Waals surface area contributed by atoms with Gasteiger partial charge in [0, 0.05) is 17.9 Å². The fourth-order valence-corrected chi connectivity index (χ4v) is 3.26. The van der Waals surface area contributed by atoms with Gasteiger partial charge in [-0.3, -0.25) is 4.57 Å². The first-order valence-corrected chi connectivity index (χ1v) is 8.51. The molecule has 0 aliphatic carbocycles. The monoisotopic (exact) mass is 332 g/mol. The van der Waals surface area contributed by atoms with E-state index < -0.39 is 0 Å². The van der Waals surface area contributed by atoms with E-state index in [1.54, 1.807) is 11.8 Å². The van der Waals surface area contributed by atoms with Crippen LogP contribution in [0.4, 0.5) is 0 Å². The molecule has 1 aromatic heterocycles. The van der Waals surface area contributed by atoms with Gasteiger partial charge in [-0.15, -0.1) is 16.8 Å². The van der Waals surface area contributed by atoms with Gasteiger partial charge in [-0.05, 0) is 17.7 Å². The summed E-state index contributed by atoms with van der Waals surface area (Å²) in [6.45, 7) is 4.48. The van der Waals surface area contributed by atoms with E-state index in [-0.39, 0.29) is 0 Å². The first-order chi connectivity index (χ1) is 11.8. The fourth-order valence-electron chi connectivity index (χ4n) is 2.37. The molecule has 0 aliphatic heterocycles. The molecule has 0 saturated carbocycles. The zero-order chi connectivity index (χ0) is 16.8. The Morgan fingerprint density at radius 3 is 2.71 bits per heavy atom. The largest absolute Gasteiger partial charge is 0.298 e. The van der Waals surface area contributed by atoms with Crippen LogP contribution in [0.5, 0.6) is 0 Å². The number of thioether (sulfide) groups is 1. The molecule has 0 aliphatic rings. The summed E-state index contributed by atoms with van der Waals surface area (Å²) in [4.78, 5) is 0. The summed E-state index contributed by atoms with van der Waals surface area (Å²) >= 11 is 1.61. The van der Waals surface area contributed by atoms with E-state index >= 15 is 0 Å². The van der Waals surface area contributed by atoms with Crippen molar-refractivity contribution in [1.29, 1.82) is 5.26 Å². The van der Waals surface area contributed by atoms with Crippen molar-refractivity contribution in [3.05, 3.63) is 78.4 Å². The van der Waals surface area contributed by atoms with Gasteiger partial charge >= 0.3 is 0 Å². The predicted octanol–water partition coefficient (Wildman–Crippen LogP) is 4.30. The van der Waals surface area contributed by atoms with Crippen LogP contribution < -0.4 is 0 Å². The van der Waals surface area contributed by atoms with Crippen LogP contribution in [-0.2, 0) is 12.3 Å². The molecule has 118 valence electrons. The van der Waals surface area contributed by atoms with Crippen molar-refractivity contribution in [2.45, 2.75) is 17.5 Å². The van der Waals surface area contributed by atoms with Gasteiger partial charge in [0.05, 0.1) is 11.6 Å². The highest BCUT2D eigenvalue weighted by molar-refractivity contribution is 7.98. The lowest BCUT2D eigenvalue weighted by atomic mass is 10.2. The molecule has 1 heterocycles. The number of benzene rings is 2. The third-order valence-electron chi connectivity index (χ3n) is 3.48. The molecule has 0 amide bonds. The fraction of sp³-hybridized carbons (Fsp3) is 0.105. The van der Waals surface area contributed by atoms with E-state index in [4.69, 9.17) is 5.26 Å². The van der Waals surface area contributed by atoms with Crippen LogP contribution in [0.2, 0.25) is 0 Å². The Hall–Kier alpha value is -2.84. The van der Waals surface area contributed by atoms with Crippen LogP contribution in [0.25, 0.3) is 11.4 Å². The van der Waals surface area contributed by atoms with Crippen molar-refractivity contribution in [2.75, 3.05) is 0 Å². The summed E-state index contributed by atoms with van der Waals surface area (Å²) in [6.07, 6.45) is 1.84. The van der Waals surface area contributed by atoms with Crippen LogP contribution in [0.3, 0.4) is 0 Å². The average molecular weight is 332 g/mol. The first kappa shape index (κ1) is 16.0. The lowest BCUT2D eigenvalue weighted by Gasteiger charge is -2.08. The minimum absolute atomic E-state index is 0.651. The van der Waals surface area contributed by atoms with E-state index in [0.29, 0.717) is 12.1 Å². The molecular weight excluding hydrogens is 316 g/mol. The Balaban J connectivity index is 1.84. The van der Waals surface area contributed by atoms with Crippen molar-refractivity contribution in [2.24, 2.45) is 0 Å². The average Bonchev–Trinajstić information content (AvgIpc) is 3.04. The summed E-state index contributed by atoms with van der Waals surface area (Å²) in [5, 5.41) is 18.5. The highest BCUT2D eigenvalue weighted by Crippen LogP contribution is 2.26. The maximum Gasteiger partial charge on any atom is 0.192 e. The van der Waals surface area contributed by atoms with Crippen LogP contribution in [0.1, 0.15) is 11.1 Å². The maximum absolute atomic E-state index is 9.00. The summed E-state index contributed by atoms with van der Waals surface area (Å²) in [7, 11) is 0. The normalized spacial score (nSPS) is 10.3. The topological polar surface area (TPSA) is 54.5 Å². The summed E-state index contributed by atoms with van der Waals surface area (Å²) in [6, 6.07) is 19.8. The number of hydrogen-bond donors (Lipinski definition) is 0. The second-order valence-electron chi connectivity index (χ2n) is 5.17. The summed E-state index contributed by atoms with van der Waals surface area (Å²) < 4.78 is 2.06. The van der Waals surface area contributed by atoms with Crippen LogP contribution in [0, 0.1) is 11.3 Å². The molecule has 0 atom stereocenters. The van der Waals surface area contributed by atoms with Crippen molar-refractivity contribution in [3.8, 4) is 17.5 Å². The molecule has 2 aromatic carbocycles. The molecule has 0 saturated heterocycles. The minimum atomic E-state index is 0.651. The number of aromatic nitrogens is 3. The van der Waals surface area contributed by atoms with Gasteiger partial charge in [-0.1, -0.05) is 60.3 Å². The molecule has 0 unspecified atom stereocenters. The predicted molar refractivity (Wildman–Crippen MR) is 96.4 cm³/mol. The third kappa shape index (κ3) is 3.55. The van der Waals surface area contributed by atoms with Gasteiger partial charge in [0.15, 0.2) is 11.0 Å². The van der Waals surface area contributed by atoms with E-state index in [2.05, 4.69) is 27.4 Å². The van der Waals surface area contributed by atoms with Gasteiger partial charge in [0.2, 0.25) is 0 Å². The minimum Gasteiger partial charge on any atom is -0.298 e. The van der Waals surface area contributed by atoms with E-state index in [1.165, 1.54) is 0 Å². The van der Waals surface area contributed by atoms with Crippen molar-refractivity contribution in [3.63, 3.8) is 0 Å². The molecule has 0 N–H and O–H groups in total. The maximum atomic E-state index is 9.00. The van der Waals surface area contributed by atoms with Crippen LogP contribution >= 0.6 is 11.8 Å². The third-order valence-corrected chi connectivity index (χ3v) is 4.52. The van der Waals surface area contributed by atoms with Crippen LogP contribution in [0.15, 0.2) is 72.4 Å². The van der Waals surface area contributed by atoms with E-state index in [1.807, 2.05) is 60.7 Å². The molecule has 0 radical (unpaired) electrons. The van der Waals surface area contributed by atoms with E-state index in [0.717, 1.165) is 27.9 Å². The standard InChI is InChI=1S/C19H16N4S/c1-2-11-23-18(17-9-4-3-5-10-17)21-22-19(23)24-14-16-8-6-7-15(12-16)13-20/h2-10,12H,1,11,14H2. The smallest absolute Gasteiger partial charge is 0.192 e. The first-order valence-electron chi connectivity index (χ1n) is 7.53. The molecule has 5 heteroatoms. The Kier molecular flexibility index (Phi) is 5.09. The Morgan fingerprint density at radius 1 is 1.12 bits per heavy atom. The van der Waals surface area contributed by atoms with Gasteiger partial charge < -0.3 is 0 Å². The Morgan fingerprint density at radius 2 is 1.96 bits per heavy atom. The van der Waals surface area contributed by atoms with Gasteiger partial charge in [-0.25, -0.2) is 0 Å². The van der Waals surface area contributed by atoms with Crippen molar-refractivity contribution >= 4 is 11.8 Å². The zero-order valence-electron chi connectivity index (χ0n) is 13.1. The Bertz CT molecular complexity index is 878. The van der Waals surface area contributed by atoms with Gasteiger partial charge in [-0.2, -0.15) is 5.26 Å². The number of nitrogens with zero attached hydrogens (tertiary/aromatic N) is 4. The summed E-state index contributed by atoms with van der Waals surface area (Å²) in [5.74, 6) is 1.57. The number of rotatable bonds is 6. The van der Waals surface area contributed by atoms with Gasteiger partial charge in [0.1, 0.15) is 0 Å². The quantitative estimate of drug-likeness (QED) is 0.499. The second kappa shape index (κ2) is 7.62. The molecule has 3 rings (SSSR count). The molecule has 4 nitrogen and oxygen atoms in total. The molecule has 24 heavy (non-hydrogen) atoms. The van der Waals surface area contributed by atoms with Gasteiger partial charge in [0.25, 0.3) is 0 Å². The van der Waals surface area contributed by atoms with E-state index in [9.17, 15) is 0 Å². The van der Waals surface area contributed by atoms with Crippen molar-refractivity contribution < 1.29 is 0 Å². The second-order valence-corrected chi connectivity index (χ2v) is 6.11. The highest BCUT2D eigenvalue weighted by atomic mass is 32.2. The lowest BCUT2D eigenvalue weighted by molar-refractivity contribution is 0.731. The SMILES string of the molecule is C=CCn1c(SCc2cccc(C#N)c2)nnc1-c1ccccc1. The number of allylic oxidation sites excluding steroid dienone is 1. The van der Waals surface area contributed by atoms with Crippen molar-refractivity contribution in [1.82, 2.24) is 14.8 Å². The zero-order valence-corrected chi connectivity index (χ0v) is 13.9.